The first-order valence-corrected chi connectivity index (χ1v) is 4.49. The van der Waals surface area contributed by atoms with Crippen LogP contribution >= 0.6 is 0 Å². The van der Waals surface area contributed by atoms with E-state index in [1.807, 2.05) is 13.0 Å². The van der Waals surface area contributed by atoms with E-state index < -0.39 is 12.2 Å². The van der Waals surface area contributed by atoms with E-state index in [0.717, 1.165) is 5.56 Å². The molecule has 1 N–H and O–H groups in total. The largest absolute Gasteiger partial charge is 0.360 e. The van der Waals surface area contributed by atoms with Gasteiger partial charge in [-0.1, -0.05) is 11.6 Å². The minimum Gasteiger partial charge on any atom is -0.360 e. The van der Waals surface area contributed by atoms with Gasteiger partial charge in [0.2, 0.25) is 5.78 Å². The Morgan fingerprint density at radius 3 is 2.80 bits per heavy atom. The normalized spacial score (nSPS) is 11.2. The second-order valence-electron chi connectivity index (χ2n) is 3.42. The average molecular weight is 209 g/mol. The van der Waals surface area contributed by atoms with Crippen molar-refractivity contribution in [2.45, 2.75) is 13.3 Å². The molecule has 0 unspecified atom stereocenters. The van der Waals surface area contributed by atoms with Crippen molar-refractivity contribution in [1.82, 2.24) is 4.98 Å². The molecule has 2 aromatic rings. The lowest BCUT2D eigenvalue weighted by Crippen LogP contribution is -2.09. The predicted molar refractivity (Wildman–Crippen MR) is 53.4 cm³/mol. The molecule has 2 nitrogen and oxygen atoms in total. The number of H-pyrrole nitrogens is 1. The van der Waals surface area contributed by atoms with Gasteiger partial charge in [0.15, 0.2) is 0 Å². The topological polar surface area (TPSA) is 32.9 Å². The zero-order chi connectivity index (χ0) is 11.0. The van der Waals surface area contributed by atoms with Crippen LogP contribution in [-0.2, 0) is 0 Å². The summed E-state index contributed by atoms with van der Waals surface area (Å²) in [5, 5.41) is 0.556. The van der Waals surface area contributed by atoms with Crippen molar-refractivity contribution in [2.75, 3.05) is 0 Å². The van der Waals surface area contributed by atoms with Gasteiger partial charge >= 0.3 is 6.43 Å². The SMILES string of the molecule is Cc1ccc2[nH]cc(C(=O)C(F)F)c2c1. The number of alkyl halides is 2. The molecule has 0 aliphatic carbocycles. The number of fused-ring (bicyclic) bond motifs is 1. The lowest BCUT2D eigenvalue weighted by atomic mass is 10.1. The molecule has 0 saturated carbocycles. The molecule has 2 rings (SSSR count). The lowest BCUT2D eigenvalue weighted by molar-refractivity contribution is 0.0680. The van der Waals surface area contributed by atoms with Crippen LogP contribution in [0.2, 0.25) is 0 Å². The fourth-order valence-corrected chi connectivity index (χ4v) is 1.56. The highest BCUT2D eigenvalue weighted by Crippen LogP contribution is 2.21. The van der Waals surface area contributed by atoms with Gasteiger partial charge in [0.25, 0.3) is 0 Å². The molecule has 15 heavy (non-hydrogen) atoms. The predicted octanol–water partition coefficient (Wildman–Crippen LogP) is 2.92. The Kier molecular flexibility index (Phi) is 2.26. The van der Waals surface area contributed by atoms with Crippen LogP contribution in [0.1, 0.15) is 15.9 Å². The zero-order valence-corrected chi connectivity index (χ0v) is 8.05. The van der Waals surface area contributed by atoms with E-state index in [0.29, 0.717) is 10.9 Å². The molecule has 0 spiro atoms. The van der Waals surface area contributed by atoms with Crippen molar-refractivity contribution in [2.24, 2.45) is 0 Å². The highest BCUT2D eigenvalue weighted by Gasteiger charge is 2.20. The Morgan fingerprint density at radius 1 is 1.40 bits per heavy atom. The first kappa shape index (κ1) is 9.83. The summed E-state index contributed by atoms with van der Waals surface area (Å²) >= 11 is 0. The molecule has 0 bridgehead atoms. The maximum absolute atomic E-state index is 12.3. The molecule has 0 radical (unpaired) electrons. The van der Waals surface area contributed by atoms with Gasteiger partial charge in [0, 0.05) is 22.7 Å². The minimum atomic E-state index is -2.95. The maximum Gasteiger partial charge on any atom is 0.300 e. The van der Waals surface area contributed by atoms with E-state index in [1.165, 1.54) is 6.20 Å². The van der Waals surface area contributed by atoms with Crippen LogP contribution in [0, 0.1) is 6.92 Å². The maximum atomic E-state index is 12.3. The summed E-state index contributed by atoms with van der Waals surface area (Å²) in [4.78, 5) is 14.0. The van der Waals surface area contributed by atoms with Gasteiger partial charge in [-0.25, -0.2) is 8.78 Å². The van der Waals surface area contributed by atoms with Crippen molar-refractivity contribution in [1.29, 1.82) is 0 Å². The molecular formula is C11H9F2NO. The molecule has 0 saturated heterocycles. The number of hydrogen-bond acceptors (Lipinski definition) is 1. The van der Waals surface area contributed by atoms with Crippen LogP contribution in [-0.4, -0.2) is 17.2 Å². The van der Waals surface area contributed by atoms with Crippen molar-refractivity contribution in [3.8, 4) is 0 Å². The summed E-state index contributed by atoms with van der Waals surface area (Å²) in [7, 11) is 0. The number of aromatic amines is 1. The molecule has 0 atom stereocenters. The molecule has 0 aliphatic rings. The van der Waals surface area contributed by atoms with Crippen LogP contribution < -0.4 is 0 Å². The number of benzene rings is 1. The molecule has 1 aromatic heterocycles. The van der Waals surface area contributed by atoms with E-state index >= 15 is 0 Å². The average Bonchev–Trinajstić information content (AvgIpc) is 2.59. The molecule has 1 heterocycles. The molecule has 0 fully saturated rings. The summed E-state index contributed by atoms with van der Waals surface area (Å²) in [6.45, 7) is 1.85. The summed E-state index contributed by atoms with van der Waals surface area (Å²) in [5.74, 6) is -1.13. The molecule has 0 aliphatic heterocycles. The first-order valence-electron chi connectivity index (χ1n) is 4.49. The molecular weight excluding hydrogens is 200 g/mol. The smallest absolute Gasteiger partial charge is 0.300 e. The Hall–Kier alpha value is -1.71. The van der Waals surface area contributed by atoms with Crippen LogP contribution in [0.4, 0.5) is 8.78 Å². The number of aryl methyl sites for hydroxylation is 1. The van der Waals surface area contributed by atoms with Crippen molar-refractivity contribution in [3.05, 3.63) is 35.5 Å². The van der Waals surface area contributed by atoms with Crippen LogP contribution in [0.15, 0.2) is 24.4 Å². The highest BCUT2D eigenvalue weighted by molar-refractivity contribution is 6.09. The number of nitrogens with one attached hydrogen (secondary N) is 1. The van der Waals surface area contributed by atoms with Crippen molar-refractivity contribution in [3.63, 3.8) is 0 Å². The first-order chi connectivity index (χ1) is 7.09. The number of Topliss-reactive ketones (excluding diaryl/α,β-unsaturated/α-hetero) is 1. The Bertz CT molecular complexity index is 516. The van der Waals surface area contributed by atoms with E-state index in [4.69, 9.17) is 0 Å². The number of ketones is 1. The second-order valence-corrected chi connectivity index (χ2v) is 3.42. The van der Waals surface area contributed by atoms with Gasteiger partial charge in [-0.05, 0) is 19.1 Å². The minimum absolute atomic E-state index is 0.0590. The van der Waals surface area contributed by atoms with Gasteiger partial charge in [-0.3, -0.25) is 4.79 Å². The van der Waals surface area contributed by atoms with E-state index in [1.54, 1.807) is 12.1 Å². The number of hydrogen-bond donors (Lipinski definition) is 1. The van der Waals surface area contributed by atoms with Gasteiger partial charge in [0.1, 0.15) is 0 Å². The van der Waals surface area contributed by atoms with Gasteiger partial charge in [-0.2, -0.15) is 0 Å². The highest BCUT2D eigenvalue weighted by atomic mass is 19.3. The summed E-state index contributed by atoms with van der Waals surface area (Å²) in [6, 6.07) is 5.35. The number of carbonyl (C=O) groups excluding carboxylic acids is 1. The number of rotatable bonds is 2. The summed E-state index contributed by atoms with van der Waals surface area (Å²) in [6.07, 6.45) is -1.62. The van der Waals surface area contributed by atoms with Gasteiger partial charge < -0.3 is 4.98 Å². The van der Waals surface area contributed by atoms with Gasteiger partial charge in [-0.15, -0.1) is 0 Å². The van der Waals surface area contributed by atoms with E-state index in [2.05, 4.69) is 4.98 Å². The van der Waals surface area contributed by atoms with Crippen LogP contribution in [0.5, 0.6) is 0 Å². The third-order valence-corrected chi connectivity index (χ3v) is 2.30. The third-order valence-electron chi connectivity index (χ3n) is 2.30. The Labute approximate surface area is 84.9 Å². The monoisotopic (exact) mass is 209 g/mol. The number of halogens is 2. The second kappa shape index (κ2) is 3.46. The standard InChI is InChI=1S/C11H9F2NO/c1-6-2-3-9-7(4-6)8(5-14-9)10(15)11(12)13/h2-5,11,14H,1H3. The van der Waals surface area contributed by atoms with E-state index in [-0.39, 0.29) is 5.56 Å². The molecule has 0 amide bonds. The lowest BCUT2D eigenvalue weighted by Gasteiger charge is -1.98. The number of aromatic nitrogens is 1. The Balaban J connectivity index is 2.62. The van der Waals surface area contributed by atoms with Crippen molar-refractivity contribution >= 4 is 16.7 Å². The fraction of sp³-hybridized carbons (Fsp3) is 0.182. The van der Waals surface area contributed by atoms with Gasteiger partial charge in [0.05, 0.1) is 0 Å². The molecule has 1 aromatic carbocycles. The van der Waals surface area contributed by atoms with Crippen LogP contribution in [0.25, 0.3) is 10.9 Å². The van der Waals surface area contributed by atoms with Crippen molar-refractivity contribution < 1.29 is 13.6 Å². The van der Waals surface area contributed by atoms with Crippen LogP contribution in [0.3, 0.4) is 0 Å². The molecule has 4 heteroatoms. The van der Waals surface area contributed by atoms with E-state index in [9.17, 15) is 13.6 Å². The zero-order valence-electron chi connectivity index (χ0n) is 8.05. The molecule has 78 valence electrons. The Morgan fingerprint density at radius 2 is 2.13 bits per heavy atom. The fourth-order valence-electron chi connectivity index (χ4n) is 1.56. The quantitative estimate of drug-likeness (QED) is 0.758. The summed E-state index contributed by atoms with van der Waals surface area (Å²) in [5.41, 5.74) is 1.69. The third kappa shape index (κ3) is 1.63. The summed E-state index contributed by atoms with van der Waals surface area (Å²) < 4.78 is 24.5. The number of carbonyl (C=O) groups is 1.